The van der Waals surface area contributed by atoms with Gasteiger partial charge in [0.15, 0.2) is 0 Å². The van der Waals surface area contributed by atoms with Crippen LogP contribution in [0.15, 0.2) is 23.4 Å². The second kappa shape index (κ2) is 8.02. The molecule has 1 saturated carbocycles. The molecule has 1 N–H and O–H groups in total. The number of aromatic nitrogens is 2. The molecule has 28 heavy (non-hydrogen) atoms. The van der Waals surface area contributed by atoms with Crippen LogP contribution < -0.4 is 5.32 Å². The van der Waals surface area contributed by atoms with E-state index in [9.17, 15) is 4.79 Å². The van der Waals surface area contributed by atoms with Gasteiger partial charge < -0.3 is 10.2 Å². The molecule has 0 unspecified atom stereocenters. The first kappa shape index (κ1) is 19.7. The highest BCUT2D eigenvalue weighted by Crippen LogP contribution is 2.42. The number of anilines is 1. The van der Waals surface area contributed by atoms with E-state index in [0.29, 0.717) is 11.5 Å². The second-order valence-corrected chi connectivity index (χ2v) is 9.74. The third-order valence-electron chi connectivity index (χ3n) is 7.14. The third kappa shape index (κ3) is 4.35. The first-order valence-electron chi connectivity index (χ1n) is 11.2. The van der Waals surface area contributed by atoms with Crippen molar-refractivity contribution in [2.24, 2.45) is 11.3 Å². The monoisotopic (exact) mass is 384 g/mol. The minimum absolute atomic E-state index is 0.165. The molecule has 1 aromatic heterocycles. The molecular formula is C23H36N4O. The van der Waals surface area contributed by atoms with Crippen LogP contribution in [0, 0.1) is 11.3 Å². The van der Waals surface area contributed by atoms with Crippen molar-refractivity contribution < 1.29 is 4.79 Å². The highest BCUT2D eigenvalue weighted by molar-refractivity contribution is 5.93. The molecule has 0 bridgehead atoms. The molecule has 5 nitrogen and oxygen atoms in total. The van der Waals surface area contributed by atoms with E-state index in [1.54, 1.807) is 11.1 Å². The van der Waals surface area contributed by atoms with Gasteiger partial charge >= 0.3 is 0 Å². The molecule has 5 heteroatoms. The van der Waals surface area contributed by atoms with E-state index in [-0.39, 0.29) is 11.8 Å². The molecule has 154 valence electrons. The molecule has 1 aromatic rings. The number of amides is 1. The Morgan fingerprint density at radius 3 is 2.68 bits per heavy atom. The van der Waals surface area contributed by atoms with Crippen LogP contribution in [0.4, 0.5) is 5.82 Å². The summed E-state index contributed by atoms with van der Waals surface area (Å²) in [6.45, 7) is 10.6. The molecule has 0 aromatic carbocycles. The predicted octanol–water partition coefficient (Wildman–Crippen LogP) is 4.79. The molecule has 0 atom stereocenters. The van der Waals surface area contributed by atoms with Gasteiger partial charge in [-0.15, -0.1) is 0 Å². The van der Waals surface area contributed by atoms with Gasteiger partial charge in [0.1, 0.15) is 5.82 Å². The first-order chi connectivity index (χ1) is 13.4. The molecule has 2 heterocycles. The fourth-order valence-corrected chi connectivity index (χ4v) is 5.16. The van der Waals surface area contributed by atoms with Crippen molar-refractivity contribution in [1.29, 1.82) is 0 Å². The largest absolute Gasteiger partial charge is 0.311 e. The summed E-state index contributed by atoms with van der Waals surface area (Å²) in [6, 6.07) is 2.33. The van der Waals surface area contributed by atoms with Gasteiger partial charge in [-0.2, -0.15) is 5.10 Å². The van der Waals surface area contributed by atoms with Gasteiger partial charge in [-0.05, 0) is 63.7 Å². The van der Waals surface area contributed by atoms with Gasteiger partial charge in [0.05, 0.1) is 12.2 Å². The van der Waals surface area contributed by atoms with Crippen molar-refractivity contribution >= 4 is 11.7 Å². The Morgan fingerprint density at radius 2 is 2.00 bits per heavy atom. The Labute approximate surface area is 169 Å². The minimum atomic E-state index is 0.165. The number of nitrogens with zero attached hydrogens (tertiary/aromatic N) is 3. The van der Waals surface area contributed by atoms with Crippen molar-refractivity contribution in [2.45, 2.75) is 78.2 Å². The number of hydrogen-bond acceptors (Lipinski definition) is 3. The highest BCUT2D eigenvalue weighted by atomic mass is 16.2. The van der Waals surface area contributed by atoms with Crippen LogP contribution >= 0.6 is 0 Å². The Bertz CT molecular complexity index is 736. The molecule has 2 aliphatic carbocycles. The summed E-state index contributed by atoms with van der Waals surface area (Å²) >= 11 is 0. The summed E-state index contributed by atoms with van der Waals surface area (Å²) < 4.78 is 2.05. The van der Waals surface area contributed by atoms with Gasteiger partial charge in [-0.25, -0.2) is 4.68 Å². The summed E-state index contributed by atoms with van der Waals surface area (Å²) in [5.74, 6) is 1.27. The summed E-state index contributed by atoms with van der Waals surface area (Å²) in [7, 11) is 0. The number of hydrogen-bond donors (Lipinski definition) is 1. The van der Waals surface area contributed by atoms with Gasteiger partial charge in [-0.1, -0.05) is 25.0 Å². The van der Waals surface area contributed by atoms with Crippen molar-refractivity contribution in [3.63, 3.8) is 0 Å². The molecule has 2 fully saturated rings. The first-order valence-corrected chi connectivity index (χ1v) is 11.2. The SMILES string of the molecule is CC1=C(CCN2CCC(n3nccc3NC(=O)C3CC3)CC2)C(C)(C)CCC1. The summed E-state index contributed by atoms with van der Waals surface area (Å²) in [4.78, 5) is 14.7. The maximum Gasteiger partial charge on any atom is 0.228 e. The van der Waals surface area contributed by atoms with Crippen molar-refractivity contribution in [2.75, 3.05) is 25.0 Å². The molecule has 4 rings (SSSR count). The molecule has 1 aliphatic heterocycles. The quantitative estimate of drug-likeness (QED) is 0.718. The lowest BCUT2D eigenvalue weighted by molar-refractivity contribution is -0.117. The van der Waals surface area contributed by atoms with Crippen LogP contribution in [-0.2, 0) is 4.79 Å². The minimum Gasteiger partial charge on any atom is -0.311 e. The molecule has 0 radical (unpaired) electrons. The zero-order valence-corrected chi connectivity index (χ0v) is 17.8. The van der Waals surface area contributed by atoms with Gasteiger partial charge in [0, 0.05) is 31.6 Å². The second-order valence-electron chi connectivity index (χ2n) is 9.74. The molecular weight excluding hydrogens is 348 g/mol. The number of carbonyl (C=O) groups is 1. The Balaban J connectivity index is 1.29. The lowest BCUT2D eigenvalue weighted by atomic mass is 9.71. The molecule has 0 spiro atoms. The number of piperidine rings is 1. The zero-order chi connectivity index (χ0) is 19.7. The van der Waals surface area contributed by atoms with E-state index in [0.717, 1.165) is 44.6 Å². The average molecular weight is 385 g/mol. The van der Waals surface area contributed by atoms with Crippen LogP contribution in [0.3, 0.4) is 0 Å². The average Bonchev–Trinajstić information content (AvgIpc) is 3.41. The lowest BCUT2D eigenvalue weighted by Gasteiger charge is -2.37. The van der Waals surface area contributed by atoms with Crippen LogP contribution in [0.25, 0.3) is 0 Å². The maximum atomic E-state index is 12.1. The highest BCUT2D eigenvalue weighted by Gasteiger charge is 2.31. The van der Waals surface area contributed by atoms with Gasteiger partial charge in [0.2, 0.25) is 5.91 Å². The number of likely N-dealkylation sites (tertiary alicyclic amines) is 1. The normalized spacial score (nSPS) is 23.8. The van der Waals surface area contributed by atoms with Crippen LogP contribution in [0.2, 0.25) is 0 Å². The third-order valence-corrected chi connectivity index (χ3v) is 7.14. The fourth-order valence-electron chi connectivity index (χ4n) is 5.16. The number of nitrogens with one attached hydrogen (secondary N) is 1. The smallest absolute Gasteiger partial charge is 0.228 e. The predicted molar refractivity (Wildman–Crippen MR) is 113 cm³/mol. The van der Waals surface area contributed by atoms with Crippen LogP contribution in [0.1, 0.15) is 78.2 Å². The van der Waals surface area contributed by atoms with Crippen molar-refractivity contribution in [3.8, 4) is 0 Å². The summed E-state index contributed by atoms with van der Waals surface area (Å²) in [5, 5.41) is 7.61. The summed E-state index contributed by atoms with van der Waals surface area (Å²) in [6.07, 6.45) is 11.3. The van der Waals surface area contributed by atoms with Crippen molar-refractivity contribution in [3.05, 3.63) is 23.4 Å². The van der Waals surface area contributed by atoms with Crippen LogP contribution in [0.5, 0.6) is 0 Å². The number of allylic oxidation sites excluding steroid dienone is 1. The van der Waals surface area contributed by atoms with E-state index in [1.807, 2.05) is 12.3 Å². The van der Waals surface area contributed by atoms with Gasteiger partial charge in [0.25, 0.3) is 0 Å². The van der Waals surface area contributed by atoms with E-state index in [1.165, 1.54) is 32.2 Å². The van der Waals surface area contributed by atoms with Gasteiger partial charge in [-0.3, -0.25) is 4.79 Å². The van der Waals surface area contributed by atoms with E-state index in [2.05, 4.69) is 40.8 Å². The van der Waals surface area contributed by atoms with E-state index < -0.39 is 0 Å². The lowest BCUT2D eigenvalue weighted by Crippen LogP contribution is -2.37. The zero-order valence-electron chi connectivity index (χ0n) is 17.8. The number of rotatable bonds is 6. The maximum absolute atomic E-state index is 12.1. The topological polar surface area (TPSA) is 50.2 Å². The fraction of sp³-hybridized carbons (Fsp3) is 0.739. The van der Waals surface area contributed by atoms with Crippen molar-refractivity contribution in [1.82, 2.24) is 14.7 Å². The van der Waals surface area contributed by atoms with Crippen LogP contribution in [-0.4, -0.2) is 40.2 Å². The Kier molecular flexibility index (Phi) is 5.64. The Morgan fingerprint density at radius 1 is 1.25 bits per heavy atom. The molecule has 1 saturated heterocycles. The molecule has 3 aliphatic rings. The number of carbonyl (C=O) groups excluding carboxylic acids is 1. The molecule has 1 amide bonds. The summed E-state index contributed by atoms with van der Waals surface area (Å²) in [5.41, 5.74) is 3.72. The van der Waals surface area contributed by atoms with E-state index in [4.69, 9.17) is 0 Å². The van der Waals surface area contributed by atoms with E-state index >= 15 is 0 Å². The standard InChI is InChI=1S/C23H36N4O/c1-17-5-4-12-23(2,3)20(17)11-16-26-14-9-19(10-15-26)27-21(8-13-24-27)25-22(28)18-6-7-18/h8,13,18-19H,4-7,9-12,14-16H2,1-3H3,(H,25,28). The Hall–Kier alpha value is -1.62.